The Morgan fingerprint density at radius 1 is 1.30 bits per heavy atom. The van der Waals surface area contributed by atoms with E-state index >= 15 is 0 Å². The number of nitrogens with zero attached hydrogens (tertiary/aromatic N) is 2. The Labute approximate surface area is 160 Å². The number of carbonyl (C=O) groups is 2. The first-order chi connectivity index (χ1) is 13.0. The molecule has 138 valence electrons. The molecule has 6 nitrogen and oxygen atoms in total. The van der Waals surface area contributed by atoms with Crippen molar-refractivity contribution in [3.63, 3.8) is 0 Å². The highest BCUT2D eigenvalue weighted by Crippen LogP contribution is 2.30. The van der Waals surface area contributed by atoms with Gasteiger partial charge in [-0.2, -0.15) is 0 Å². The number of fused-ring (bicyclic) bond motifs is 1. The van der Waals surface area contributed by atoms with Crippen molar-refractivity contribution in [1.29, 1.82) is 0 Å². The van der Waals surface area contributed by atoms with Gasteiger partial charge in [0.05, 0.1) is 22.9 Å². The Kier molecular flexibility index (Phi) is 4.53. The van der Waals surface area contributed by atoms with Crippen LogP contribution in [0.4, 0.5) is 0 Å². The molecule has 1 amide bonds. The summed E-state index contributed by atoms with van der Waals surface area (Å²) in [7, 11) is 0. The van der Waals surface area contributed by atoms with Crippen molar-refractivity contribution < 1.29 is 19.1 Å². The zero-order valence-electron chi connectivity index (χ0n) is 14.7. The molecule has 1 aliphatic heterocycles. The van der Waals surface area contributed by atoms with Gasteiger partial charge in [-0.1, -0.05) is 30.3 Å². The molecule has 27 heavy (non-hydrogen) atoms. The van der Waals surface area contributed by atoms with E-state index in [4.69, 9.17) is 4.42 Å². The van der Waals surface area contributed by atoms with Crippen LogP contribution >= 0.6 is 11.3 Å². The van der Waals surface area contributed by atoms with Crippen LogP contribution in [0.15, 0.2) is 46.2 Å². The van der Waals surface area contributed by atoms with Crippen LogP contribution in [0.25, 0.3) is 10.8 Å². The van der Waals surface area contributed by atoms with Crippen LogP contribution in [0, 0.1) is 6.92 Å². The number of amides is 1. The van der Waals surface area contributed by atoms with Crippen molar-refractivity contribution >= 4 is 23.2 Å². The van der Waals surface area contributed by atoms with Crippen molar-refractivity contribution in [2.75, 3.05) is 6.54 Å². The van der Waals surface area contributed by atoms with Crippen molar-refractivity contribution in [2.45, 2.75) is 25.8 Å². The molecule has 0 spiro atoms. The average Bonchev–Trinajstić information content (AvgIpc) is 3.31. The SMILES string of the molecule is Cc1oc(-c2cccs2)nc1CC(=O)N1Cc2ccccc2C(C(=O)O)C1. The van der Waals surface area contributed by atoms with E-state index in [1.165, 1.54) is 11.3 Å². The molecule has 0 saturated carbocycles. The van der Waals surface area contributed by atoms with Gasteiger partial charge in [0.15, 0.2) is 0 Å². The molecule has 0 bridgehead atoms. The fraction of sp³-hybridized carbons (Fsp3) is 0.250. The van der Waals surface area contributed by atoms with E-state index in [1.807, 2.05) is 41.8 Å². The van der Waals surface area contributed by atoms with Crippen LogP contribution in [-0.2, 0) is 22.6 Å². The van der Waals surface area contributed by atoms with Crippen LogP contribution < -0.4 is 0 Å². The first-order valence-corrected chi connectivity index (χ1v) is 9.49. The summed E-state index contributed by atoms with van der Waals surface area (Å²) < 4.78 is 5.70. The first kappa shape index (κ1) is 17.5. The number of aromatic nitrogens is 1. The fourth-order valence-electron chi connectivity index (χ4n) is 3.36. The lowest BCUT2D eigenvalue weighted by Gasteiger charge is -2.32. The number of hydrogen-bond acceptors (Lipinski definition) is 5. The van der Waals surface area contributed by atoms with Gasteiger partial charge in [-0.3, -0.25) is 9.59 Å². The summed E-state index contributed by atoms with van der Waals surface area (Å²) in [6, 6.07) is 11.2. The van der Waals surface area contributed by atoms with E-state index in [1.54, 1.807) is 11.8 Å². The maximum Gasteiger partial charge on any atom is 0.312 e. The van der Waals surface area contributed by atoms with Gasteiger partial charge in [-0.15, -0.1) is 11.3 Å². The van der Waals surface area contributed by atoms with Gasteiger partial charge in [0.2, 0.25) is 11.8 Å². The lowest BCUT2D eigenvalue weighted by atomic mass is 9.89. The zero-order valence-corrected chi connectivity index (χ0v) is 15.5. The van der Waals surface area contributed by atoms with Crippen LogP contribution in [-0.4, -0.2) is 33.4 Å². The van der Waals surface area contributed by atoms with Crippen LogP contribution in [0.5, 0.6) is 0 Å². The Hall–Kier alpha value is -2.93. The molecular formula is C20H18N2O4S. The number of rotatable bonds is 4. The van der Waals surface area contributed by atoms with Crippen molar-refractivity contribution in [2.24, 2.45) is 0 Å². The van der Waals surface area contributed by atoms with E-state index in [-0.39, 0.29) is 18.9 Å². The third-order valence-corrected chi connectivity index (χ3v) is 5.65. The van der Waals surface area contributed by atoms with E-state index in [0.717, 1.165) is 16.0 Å². The maximum absolute atomic E-state index is 12.8. The lowest BCUT2D eigenvalue weighted by Crippen LogP contribution is -2.41. The van der Waals surface area contributed by atoms with Crippen LogP contribution in [0.2, 0.25) is 0 Å². The van der Waals surface area contributed by atoms with Gasteiger partial charge in [0, 0.05) is 13.1 Å². The van der Waals surface area contributed by atoms with E-state index in [9.17, 15) is 14.7 Å². The molecule has 4 rings (SSSR count). The summed E-state index contributed by atoms with van der Waals surface area (Å²) in [4.78, 5) is 31.5. The molecule has 1 aromatic carbocycles. The second-order valence-corrected chi connectivity index (χ2v) is 7.49. The number of carboxylic acid groups (broad SMARTS) is 1. The standard InChI is InChI=1S/C20H18N2O4S/c1-12-16(21-19(26-12)17-7-4-8-27-17)9-18(23)22-10-13-5-2-3-6-14(13)15(11-22)20(24)25/h2-8,15H,9-11H2,1H3,(H,24,25). The van der Waals surface area contributed by atoms with E-state index < -0.39 is 11.9 Å². The smallest absolute Gasteiger partial charge is 0.312 e. The number of carbonyl (C=O) groups excluding carboxylic acids is 1. The molecule has 1 unspecified atom stereocenters. The van der Waals surface area contributed by atoms with Gasteiger partial charge in [0.25, 0.3) is 0 Å². The molecule has 1 N–H and O–H groups in total. The highest BCUT2D eigenvalue weighted by Gasteiger charge is 2.32. The molecule has 7 heteroatoms. The first-order valence-electron chi connectivity index (χ1n) is 8.61. The highest BCUT2D eigenvalue weighted by molar-refractivity contribution is 7.13. The van der Waals surface area contributed by atoms with Crippen molar-refractivity contribution in [3.05, 3.63) is 64.4 Å². The number of carboxylic acids is 1. The van der Waals surface area contributed by atoms with Gasteiger partial charge in [-0.05, 0) is 29.5 Å². The second kappa shape index (κ2) is 7.00. The summed E-state index contributed by atoms with van der Waals surface area (Å²) in [5.41, 5.74) is 2.25. The molecule has 0 aliphatic carbocycles. The molecule has 1 atom stereocenters. The average molecular weight is 382 g/mol. The molecule has 1 aliphatic rings. The van der Waals surface area contributed by atoms with Crippen LogP contribution in [0.3, 0.4) is 0 Å². The summed E-state index contributed by atoms with van der Waals surface area (Å²) >= 11 is 1.52. The Morgan fingerprint density at radius 2 is 2.11 bits per heavy atom. The predicted molar refractivity (Wildman–Crippen MR) is 100 cm³/mol. The van der Waals surface area contributed by atoms with Gasteiger partial charge in [0.1, 0.15) is 5.76 Å². The zero-order chi connectivity index (χ0) is 19.0. The molecule has 0 fully saturated rings. The molecule has 0 saturated heterocycles. The molecular weight excluding hydrogens is 364 g/mol. The molecule has 3 aromatic rings. The quantitative estimate of drug-likeness (QED) is 0.747. The van der Waals surface area contributed by atoms with Gasteiger partial charge in [-0.25, -0.2) is 4.98 Å². The minimum absolute atomic E-state index is 0.0925. The lowest BCUT2D eigenvalue weighted by molar-refractivity contribution is -0.141. The minimum Gasteiger partial charge on any atom is -0.481 e. The summed E-state index contributed by atoms with van der Waals surface area (Å²) in [6.07, 6.45) is 0.0925. The summed E-state index contributed by atoms with van der Waals surface area (Å²) in [5, 5.41) is 11.5. The predicted octanol–water partition coefficient (Wildman–Crippen LogP) is 3.46. The number of hydrogen-bond donors (Lipinski definition) is 1. The number of aliphatic carboxylic acids is 1. The van der Waals surface area contributed by atoms with Crippen molar-refractivity contribution in [1.82, 2.24) is 9.88 Å². The fourth-order valence-corrected chi connectivity index (χ4v) is 4.01. The molecule has 2 aromatic heterocycles. The number of thiophene rings is 1. The van der Waals surface area contributed by atoms with E-state index in [0.29, 0.717) is 23.9 Å². The normalized spacial score (nSPS) is 16.2. The van der Waals surface area contributed by atoms with Crippen molar-refractivity contribution in [3.8, 4) is 10.8 Å². The Bertz CT molecular complexity index is 993. The second-order valence-electron chi connectivity index (χ2n) is 6.54. The third-order valence-electron chi connectivity index (χ3n) is 4.79. The van der Waals surface area contributed by atoms with Gasteiger partial charge >= 0.3 is 5.97 Å². The van der Waals surface area contributed by atoms with Gasteiger partial charge < -0.3 is 14.4 Å². The minimum atomic E-state index is -0.919. The number of benzene rings is 1. The van der Waals surface area contributed by atoms with Crippen LogP contribution in [0.1, 0.15) is 28.5 Å². The summed E-state index contributed by atoms with van der Waals surface area (Å²) in [6.45, 7) is 2.37. The van der Waals surface area contributed by atoms with E-state index in [2.05, 4.69) is 4.98 Å². The number of oxazole rings is 1. The summed E-state index contributed by atoms with van der Waals surface area (Å²) in [5.74, 6) is -0.655. The molecule has 0 radical (unpaired) electrons. The topological polar surface area (TPSA) is 83.6 Å². The molecule has 3 heterocycles. The largest absolute Gasteiger partial charge is 0.481 e. The monoisotopic (exact) mass is 382 g/mol. The Balaban J connectivity index is 1.55. The number of aryl methyl sites for hydroxylation is 1. The maximum atomic E-state index is 12.8. The Morgan fingerprint density at radius 3 is 2.85 bits per heavy atom. The third kappa shape index (κ3) is 3.38. The highest BCUT2D eigenvalue weighted by atomic mass is 32.1.